The number of anilines is 1. The number of methoxy groups -OCH3 is 1. The van der Waals surface area contributed by atoms with Gasteiger partial charge in [0.05, 0.1) is 13.7 Å². The second-order valence-corrected chi connectivity index (χ2v) is 8.36. The van der Waals surface area contributed by atoms with Crippen LogP contribution in [0, 0.1) is 5.92 Å². The van der Waals surface area contributed by atoms with Gasteiger partial charge in [0, 0.05) is 17.8 Å². The minimum atomic E-state index is -1.00. The average molecular weight is 480 g/mol. The van der Waals surface area contributed by atoms with E-state index < -0.39 is 30.0 Å². The normalized spacial score (nSPS) is 12.1. The van der Waals surface area contributed by atoms with Crippen LogP contribution in [-0.2, 0) is 14.3 Å². The molecular formula is C25H33BN4O5. The molecule has 35 heavy (non-hydrogen) atoms. The molecule has 0 fully saturated rings. The third-order valence-electron chi connectivity index (χ3n) is 5.43. The molecule has 0 bridgehead atoms. The first-order chi connectivity index (χ1) is 16.7. The maximum absolute atomic E-state index is 13.0. The van der Waals surface area contributed by atoms with Crippen molar-refractivity contribution in [3.05, 3.63) is 60.2 Å². The van der Waals surface area contributed by atoms with Crippen LogP contribution in [0.1, 0.15) is 24.2 Å². The number of alkyl carbamates (subject to hydrolysis) is 1. The number of amides is 3. The lowest BCUT2D eigenvalue weighted by molar-refractivity contribution is -0.130. The largest absolute Gasteiger partial charge is 0.453 e. The maximum Gasteiger partial charge on any atom is 0.407 e. The molecule has 0 heterocycles. The molecule has 0 spiro atoms. The SMILES string of the molecule is CBc1ccc(C(=O)CNC(=O)[C@H](CNc2ccccc2)NC(=O)[C@@H](NC(=O)OC)C(C)C)cc1. The summed E-state index contributed by atoms with van der Waals surface area (Å²) in [6.45, 7) is 5.42. The van der Waals surface area contributed by atoms with Crippen molar-refractivity contribution >= 4 is 42.1 Å². The zero-order chi connectivity index (χ0) is 25.8. The van der Waals surface area contributed by atoms with Crippen molar-refractivity contribution in [1.29, 1.82) is 0 Å². The Balaban J connectivity index is 2.09. The highest BCUT2D eigenvalue weighted by Crippen LogP contribution is 2.07. The van der Waals surface area contributed by atoms with Crippen molar-refractivity contribution in [3.63, 3.8) is 0 Å². The van der Waals surface area contributed by atoms with Gasteiger partial charge in [-0.2, -0.15) is 0 Å². The Bertz CT molecular complexity index is 999. The molecular weight excluding hydrogens is 447 g/mol. The van der Waals surface area contributed by atoms with E-state index in [4.69, 9.17) is 0 Å². The average Bonchev–Trinajstić information content (AvgIpc) is 2.88. The van der Waals surface area contributed by atoms with Crippen molar-refractivity contribution < 1.29 is 23.9 Å². The molecule has 0 saturated heterocycles. The molecule has 2 aromatic carbocycles. The van der Waals surface area contributed by atoms with Gasteiger partial charge in [0.25, 0.3) is 0 Å². The van der Waals surface area contributed by atoms with Crippen LogP contribution in [0.5, 0.6) is 0 Å². The highest BCUT2D eigenvalue weighted by Gasteiger charge is 2.29. The van der Waals surface area contributed by atoms with E-state index in [9.17, 15) is 19.2 Å². The zero-order valence-electron chi connectivity index (χ0n) is 20.6. The molecule has 186 valence electrons. The van der Waals surface area contributed by atoms with Gasteiger partial charge >= 0.3 is 6.09 Å². The summed E-state index contributed by atoms with van der Waals surface area (Å²) in [5, 5.41) is 10.9. The fraction of sp³-hybridized carbons (Fsp3) is 0.360. The van der Waals surface area contributed by atoms with E-state index in [1.807, 2.05) is 49.3 Å². The van der Waals surface area contributed by atoms with Crippen LogP contribution in [-0.4, -0.2) is 63.3 Å². The number of Topliss-reactive ketones (excluding diaryl/α,β-unsaturated/α-hetero) is 1. The highest BCUT2D eigenvalue weighted by molar-refractivity contribution is 6.51. The first kappa shape index (κ1) is 27.4. The molecule has 0 saturated carbocycles. The number of ketones is 1. The summed E-state index contributed by atoms with van der Waals surface area (Å²) in [7, 11) is 2.07. The van der Waals surface area contributed by atoms with E-state index in [0.717, 1.165) is 18.4 Å². The molecule has 10 heteroatoms. The summed E-state index contributed by atoms with van der Waals surface area (Å²) in [6, 6.07) is 14.5. The zero-order valence-corrected chi connectivity index (χ0v) is 20.6. The van der Waals surface area contributed by atoms with Crippen molar-refractivity contribution in [1.82, 2.24) is 16.0 Å². The highest BCUT2D eigenvalue weighted by atomic mass is 16.5. The third-order valence-corrected chi connectivity index (χ3v) is 5.43. The van der Waals surface area contributed by atoms with E-state index in [-0.39, 0.29) is 24.8 Å². The Morgan fingerprint density at radius 2 is 1.57 bits per heavy atom. The molecule has 0 radical (unpaired) electrons. The van der Waals surface area contributed by atoms with Gasteiger partial charge in [0.1, 0.15) is 12.1 Å². The van der Waals surface area contributed by atoms with Gasteiger partial charge in [-0.05, 0) is 18.1 Å². The number of carbonyl (C=O) groups excluding carboxylic acids is 4. The first-order valence-electron chi connectivity index (χ1n) is 11.6. The number of hydrogen-bond donors (Lipinski definition) is 4. The van der Waals surface area contributed by atoms with Gasteiger partial charge < -0.3 is 26.0 Å². The molecule has 0 aliphatic rings. The van der Waals surface area contributed by atoms with Gasteiger partial charge in [-0.25, -0.2) is 4.79 Å². The third kappa shape index (κ3) is 8.81. The summed E-state index contributed by atoms with van der Waals surface area (Å²) in [4.78, 5) is 50.1. The van der Waals surface area contributed by atoms with Crippen molar-refractivity contribution in [2.45, 2.75) is 32.8 Å². The number of carbonyl (C=O) groups is 4. The van der Waals surface area contributed by atoms with Crippen LogP contribution in [0.2, 0.25) is 6.82 Å². The van der Waals surface area contributed by atoms with Crippen LogP contribution >= 0.6 is 0 Å². The van der Waals surface area contributed by atoms with Gasteiger partial charge in [-0.15, -0.1) is 0 Å². The first-order valence-corrected chi connectivity index (χ1v) is 11.6. The quantitative estimate of drug-likeness (QED) is 0.266. The summed E-state index contributed by atoms with van der Waals surface area (Å²) < 4.78 is 4.60. The molecule has 9 nitrogen and oxygen atoms in total. The standard InChI is InChI=1S/C25H33BN4O5/c1-16(2)22(30-25(34)35-4)24(33)29-20(14-27-19-8-6-5-7-9-19)23(32)28-15-21(31)17-10-12-18(26-3)13-11-17/h5-13,16,20,22,26-27H,14-15H2,1-4H3,(H,28,32)(H,29,33)(H,30,34)/t20-,22-/m0/s1. The van der Waals surface area contributed by atoms with Crippen molar-refractivity contribution in [2.75, 3.05) is 25.5 Å². The second kappa shape index (κ2) is 13.8. The maximum atomic E-state index is 13.0. The minimum Gasteiger partial charge on any atom is -0.453 e. The van der Waals surface area contributed by atoms with E-state index in [1.54, 1.807) is 26.0 Å². The smallest absolute Gasteiger partial charge is 0.407 e. The lowest BCUT2D eigenvalue weighted by atomic mass is 9.73. The molecule has 0 aliphatic heterocycles. The van der Waals surface area contributed by atoms with Crippen LogP contribution < -0.4 is 26.7 Å². The molecule has 0 unspecified atom stereocenters. The lowest BCUT2D eigenvalue weighted by Crippen LogP contribution is -2.57. The Hall–Kier alpha value is -3.82. The monoisotopic (exact) mass is 480 g/mol. The van der Waals surface area contributed by atoms with Crippen LogP contribution in [0.4, 0.5) is 10.5 Å². The van der Waals surface area contributed by atoms with Gasteiger partial charge in [0.2, 0.25) is 11.8 Å². The Morgan fingerprint density at radius 3 is 2.14 bits per heavy atom. The molecule has 0 aromatic heterocycles. The van der Waals surface area contributed by atoms with Gasteiger partial charge in [0.15, 0.2) is 13.1 Å². The minimum absolute atomic E-state index is 0.0734. The van der Waals surface area contributed by atoms with E-state index >= 15 is 0 Å². The lowest BCUT2D eigenvalue weighted by Gasteiger charge is -2.25. The fourth-order valence-electron chi connectivity index (χ4n) is 3.29. The van der Waals surface area contributed by atoms with Gasteiger partial charge in [-0.3, -0.25) is 14.4 Å². The fourth-order valence-corrected chi connectivity index (χ4v) is 3.29. The molecule has 2 atom stereocenters. The number of rotatable bonds is 12. The number of ether oxygens (including phenoxy) is 1. The molecule has 4 N–H and O–H groups in total. The topological polar surface area (TPSA) is 126 Å². The van der Waals surface area contributed by atoms with Crippen LogP contribution in [0.25, 0.3) is 0 Å². The predicted octanol–water partition coefficient (Wildman–Crippen LogP) is 1.07. The van der Waals surface area contributed by atoms with E-state index in [0.29, 0.717) is 5.56 Å². The molecule has 3 amide bonds. The van der Waals surface area contributed by atoms with E-state index in [1.165, 1.54) is 7.11 Å². The van der Waals surface area contributed by atoms with Crippen LogP contribution in [0.15, 0.2) is 54.6 Å². The number of nitrogens with one attached hydrogen (secondary N) is 4. The predicted molar refractivity (Wildman–Crippen MR) is 137 cm³/mol. The molecule has 2 aromatic rings. The Labute approximate surface area is 206 Å². The summed E-state index contributed by atoms with van der Waals surface area (Å²) in [6.07, 6.45) is -0.748. The Kier molecular flexibility index (Phi) is 10.8. The van der Waals surface area contributed by atoms with Gasteiger partial charge in [-0.1, -0.05) is 68.6 Å². The summed E-state index contributed by atoms with van der Waals surface area (Å²) in [5.74, 6) is -1.56. The van der Waals surface area contributed by atoms with Crippen molar-refractivity contribution in [2.24, 2.45) is 5.92 Å². The van der Waals surface area contributed by atoms with E-state index in [2.05, 4.69) is 26.0 Å². The second-order valence-electron chi connectivity index (χ2n) is 8.36. The van der Waals surface area contributed by atoms with Crippen LogP contribution in [0.3, 0.4) is 0 Å². The summed E-state index contributed by atoms with van der Waals surface area (Å²) in [5.41, 5.74) is 2.37. The molecule has 0 aliphatic carbocycles. The van der Waals surface area contributed by atoms with Crippen molar-refractivity contribution in [3.8, 4) is 0 Å². The number of hydrogen-bond acceptors (Lipinski definition) is 6. The molecule has 2 rings (SSSR count). The Morgan fingerprint density at radius 1 is 0.914 bits per heavy atom. The number of benzene rings is 2. The number of para-hydroxylation sites is 1. The summed E-state index contributed by atoms with van der Waals surface area (Å²) >= 11 is 0.